The Kier molecular flexibility index (Phi) is 5.42. The average Bonchev–Trinajstić information content (AvgIpc) is 3.54. The summed E-state index contributed by atoms with van der Waals surface area (Å²) in [5, 5.41) is 4.29. The molecule has 2 N–H and O–H groups in total. The highest BCUT2D eigenvalue weighted by Crippen LogP contribution is 2.30. The average molecular weight is 474 g/mol. The Bertz CT molecular complexity index is 1590. The number of fused-ring (bicyclic) bond motifs is 1. The summed E-state index contributed by atoms with van der Waals surface area (Å²) in [5.74, 6) is 1.68. The molecule has 1 aliphatic rings. The van der Waals surface area contributed by atoms with Crippen LogP contribution in [-0.4, -0.2) is 34.7 Å². The van der Waals surface area contributed by atoms with Gasteiger partial charge in [-0.3, -0.25) is 4.68 Å². The summed E-state index contributed by atoms with van der Waals surface area (Å²) in [6.45, 7) is 1.50. The molecule has 176 valence electrons. The number of anilines is 2. The summed E-state index contributed by atoms with van der Waals surface area (Å²) in [6, 6.07) is 13.9. The Balaban J connectivity index is 1.22. The number of aromatic nitrogens is 7. The van der Waals surface area contributed by atoms with Crippen molar-refractivity contribution in [2.45, 2.75) is 13.1 Å². The molecule has 0 bridgehead atoms. The van der Waals surface area contributed by atoms with Gasteiger partial charge in [-0.25, -0.2) is 24.9 Å². The maximum absolute atomic E-state index is 5.76. The van der Waals surface area contributed by atoms with Gasteiger partial charge in [0.25, 0.3) is 0 Å². The van der Waals surface area contributed by atoms with Crippen LogP contribution >= 0.6 is 0 Å². The molecule has 9 nitrogen and oxygen atoms in total. The second-order valence-electron chi connectivity index (χ2n) is 8.64. The molecule has 6 rings (SSSR count). The van der Waals surface area contributed by atoms with E-state index in [4.69, 9.17) is 10.7 Å². The number of hydrogen-bond acceptors (Lipinski definition) is 8. The SMILES string of the molecule is Cn1cc(-c2ccc3c(c2)CN(c2nccc(-c4nccc(/C=C/c5ccnc(N)c5)n4)n2)C3)cn1. The molecule has 0 amide bonds. The van der Waals surface area contributed by atoms with Gasteiger partial charge in [0.1, 0.15) is 11.5 Å². The molecule has 0 spiro atoms. The van der Waals surface area contributed by atoms with Crippen LogP contribution in [0.15, 0.2) is 73.4 Å². The van der Waals surface area contributed by atoms with E-state index in [0.717, 1.165) is 35.5 Å². The Morgan fingerprint density at radius 3 is 2.56 bits per heavy atom. The Morgan fingerprint density at radius 2 is 1.69 bits per heavy atom. The van der Waals surface area contributed by atoms with Crippen molar-refractivity contribution < 1.29 is 0 Å². The zero-order chi connectivity index (χ0) is 24.5. The van der Waals surface area contributed by atoms with E-state index in [0.29, 0.717) is 23.3 Å². The minimum Gasteiger partial charge on any atom is -0.384 e. The number of aryl methyl sites for hydroxylation is 1. The lowest BCUT2D eigenvalue weighted by molar-refractivity contribution is 0.768. The van der Waals surface area contributed by atoms with E-state index in [1.807, 2.05) is 60.5 Å². The molecule has 9 heteroatoms. The Morgan fingerprint density at radius 1 is 0.833 bits per heavy atom. The summed E-state index contributed by atoms with van der Waals surface area (Å²) in [7, 11) is 1.93. The molecule has 0 atom stereocenters. The zero-order valence-corrected chi connectivity index (χ0v) is 19.7. The van der Waals surface area contributed by atoms with Crippen LogP contribution in [0.4, 0.5) is 11.8 Å². The highest BCUT2D eigenvalue weighted by molar-refractivity contribution is 5.69. The molecule has 0 saturated carbocycles. The van der Waals surface area contributed by atoms with E-state index in [1.54, 1.807) is 18.6 Å². The molecule has 0 radical (unpaired) electrons. The smallest absolute Gasteiger partial charge is 0.226 e. The molecule has 1 aliphatic heterocycles. The highest BCUT2D eigenvalue weighted by atomic mass is 15.3. The quantitative estimate of drug-likeness (QED) is 0.408. The maximum Gasteiger partial charge on any atom is 0.226 e. The number of rotatable bonds is 5. The van der Waals surface area contributed by atoms with Gasteiger partial charge < -0.3 is 10.6 Å². The van der Waals surface area contributed by atoms with Gasteiger partial charge in [-0.15, -0.1) is 0 Å². The molecule has 0 saturated heterocycles. The van der Waals surface area contributed by atoms with Crippen LogP contribution < -0.4 is 10.6 Å². The van der Waals surface area contributed by atoms with Crippen LogP contribution in [0.5, 0.6) is 0 Å². The van der Waals surface area contributed by atoms with Crippen molar-refractivity contribution in [1.82, 2.24) is 34.7 Å². The standard InChI is InChI=1S/C27H23N9/c1-35-15-22(14-32-35)19-3-4-20-16-36(17-21(20)13-19)27-31-11-8-24(34-27)26-30-10-7-23(33-26)5-2-18-6-9-29-25(28)12-18/h2-15H,16-17H2,1H3,(H2,28,29)/b5-2+. The van der Waals surface area contributed by atoms with Crippen molar-refractivity contribution in [2.75, 3.05) is 10.6 Å². The lowest BCUT2D eigenvalue weighted by Gasteiger charge is -2.15. The molecular weight excluding hydrogens is 450 g/mol. The fourth-order valence-corrected chi connectivity index (χ4v) is 4.25. The zero-order valence-electron chi connectivity index (χ0n) is 19.7. The topological polar surface area (TPSA) is 112 Å². The maximum atomic E-state index is 5.76. The number of nitrogen functional groups attached to an aromatic ring is 1. The van der Waals surface area contributed by atoms with E-state index in [1.165, 1.54) is 11.1 Å². The van der Waals surface area contributed by atoms with Crippen molar-refractivity contribution >= 4 is 23.9 Å². The van der Waals surface area contributed by atoms with Crippen LogP contribution in [0.3, 0.4) is 0 Å². The third kappa shape index (κ3) is 4.41. The van der Waals surface area contributed by atoms with Gasteiger partial charge in [-0.2, -0.15) is 5.10 Å². The van der Waals surface area contributed by atoms with Gasteiger partial charge >= 0.3 is 0 Å². The number of nitrogens with zero attached hydrogens (tertiary/aromatic N) is 8. The molecule has 0 aliphatic carbocycles. The molecule has 1 aromatic carbocycles. The first-order valence-corrected chi connectivity index (χ1v) is 11.5. The summed E-state index contributed by atoms with van der Waals surface area (Å²) in [4.78, 5) is 24.6. The third-order valence-corrected chi connectivity index (χ3v) is 6.05. The molecule has 36 heavy (non-hydrogen) atoms. The van der Waals surface area contributed by atoms with Gasteiger partial charge in [0.2, 0.25) is 5.95 Å². The first-order valence-electron chi connectivity index (χ1n) is 11.5. The van der Waals surface area contributed by atoms with Gasteiger partial charge in [0.15, 0.2) is 5.82 Å². The van der Waals surface area contributed by atoms with Crippen LogP contribution in [0, 0.1) is 0 Å². The van der Waals surface area contributed by atoms with E-state index in [-0.39, 0.29) is 0 Å². The number of hydrogen-bond donors (Lipinski definition) is 1. The van der Waals surface area contributed by atoms with E-state index in [2.05, 4.69) is 48.1 Å². The highest BCUT2D eigenvalue weighted by Gasteiger charge is 2.22. The summed E-state index contributed by atoms with van der Waals surface area (Å²) in [5.41, 5.74) is 13.0. The molecule has 5 heterocycles. The summed E-state index contributed by atoms with van der Waals surface area (Å²) in [6.07, 6.45) is 12.9. The molecule has 5 aromatic rings. The van der Waals surface area contributed by atoms with Gasteiger partial charge in [0, 0.05) is 50.5 Å². The second-order valence-corrected chi connectivity index (χ2v) is 8.64. The minimum absolute atomic E-state index is 0.478. The first kappa shape index (κ1) is 21.6. The summed E-state index contributed by atoms with van der Waals surface area (Å²) < 4.78 is 1.82. The lowest BCUT2D eigenvalue weighted by atomic mass is 10.0. The van der Waals surface area contributed by atoms with Crippen molar-refractivity contribution in [3.63, 3.8) is 0 Å². The van der Waals surface area contributed by atoms with Crippen molar-refractivity contribution in [1.29, 1.82) is 0 Å². The van der Waals surface area contributed by atoms with Gasteiger partial charge in [0.05, 0.1) is 11.9 Å². The monoisotopic (exact) mass is 473 g/mol. The lowest BCUT2D eigenvalue weighted by Crippen LogP contribution is -2.17. The predicted molar refractivity (Wildman–Crippen MR) is 139 cm³/mol. The number of nitrogens with two attached hydrogens (primary N) is 1. The van der Waals surface area contributed by atoms with Gasteiger partial charge in [-0.1, -0.05) is 18.2 Å². The minimum atomic E-state index is 0.478. The molecular formula is C27H23N9. The van der Waals surface area contributed by atoms with Crippen molar-refractivity contribution in [2.24, 2.45) is 7.05 Å². The second kappa shape index (κ2) is 9.03. The fourth-order valence-electron chi connectivity index (χ4n) is 4.25. The predicted octanol–water partition coefficient (Wildman–Crippen LogP) is 4.00. The van der Waals surface area contributed by atoms with Crippen molar-refractivity contribution in [3.8, 4) is 22.6 Å². The number of pyridine rings is 1. The van der Waals surface area contributed by atoms with Crippen LogP contribution in [0.1, 0.15) is 22.4 Å². The van der Waals surface area contributed by atoms with Gasteiger partial charge in [-0.05, 0) is 58.7 Å². The Hall–Kier alpha value is -4.92. The molecule has 4 aromatic heterocycles. The normalized spacial score (nSPS) is 12.9. The third-order valence-electron chi connectivity index (χ3n) is 6.05. The van der Waals surface area contributed by atoms with E-state index < -0.39 is 0 Å². The van der Waals surface area contributed by atoms with Crippen LogP contribution in [0.25, 0.3) is 34.8 Å². The van der Waals surface area contributed by atoms with E-state index in [9.17, 15) is 0 Å². The van der Waals surface area contributed by atoms with E-state index >= 15 is 0 Å². The van der Waals surface area contributed by atoms with Crippen LogP contribution in [0.2, 0.25) is 0 Å². The van der Waals surface area contributed by atoms with Crippen LogP contribution in [-0.2, 0) is 20.1 Å². The van der Waals surface area contributed by atoms with Crippen molar-refractivity contribution in [3.05, 3.63) is 95.8 Å². The Labute approximate surface area is 208 Å². The first-order chi connectivity index (χ1) is 17.6. The number of benzene rings is 1. The molecule has 0 unspecified atom stereocenters. The molecule has 0 fully saturated rings. The summed E-state index contributed by atoms with van der Waals surface area (Å²) >= 11 is 0. The fraction of sp³-hybridized carbons (Fsp3) is 0.111. The largest absolute Gasteiger partial charge is 0.384 e.